The van der Waals surface area contributed by atoms with Crippen LogP contribution in [0.4, 0.5) is 0 Å². The Bertz CT molecular complexity index is 453. The summed E-state index contributed by atoms with van der Waals surface area (Å²) in [5.41, 5.74) is 1.30. The Morgan fingerprint density at radius 3 is 2.44 bits per heavy atom. The number of aromatic carboxylic acids is 1. The van der Waals surface area contributed by atoms with Crippen LogP contribution in [0.1, 0.15) is 48.1 Å². The molecule has 96 valence electrons. The van der Waals surface area contributed by atoms with Gasteiger partial charge in [-0.15, -0.1) is 0 Å². The van der Waals surface area contributed by atoms with Crippen molar-refractivity contribution in [1.82, 2.24) is 4.90 Å². The van der Waals surface area contributed by atoms with E-state index in [1.165, 1.54) is 0 Å². The molecule has 1 aliphatic heterocycles. The second-order valence-electron chi connectivity index (χ2n) is 4.65. The normalized spacial score (nSPS) is 19.6. The van der Waals surface area contributed by atoms with Gasteiger partial charge in [-0.05, 0) is 37.0 Å². The molecule has 1 aromatic carbocycles. The molecule has 4 heteroatoms. The van der Waals surface area contributed by atoms with Gasteiger partial charge >= 0.3 is 5.97 Å². The van der Waals surface area contributed by atoms with Crippen LogP contribution in [0.25, 0.3) is 0 Å². The molecule has 0 spiro atoms. The Morgan fingerprint density at radius 1 is 1.22 bits per heavy atom. The smallest absolute Gasteiger partial charge is 0.335 e. The van der Waals surface area contributed by atoms with E-state index in [1.807, 2.05) is 17.0 Å². The van der Waals surface area contributed by atoms with Crippen LogP contribution in [0.3, 0.4) is 0 Å². The van der Waals surface area contributed by atoms with Gasteiger partial charge in [-0.2, -0.15) is 0 Å². The number of nitrogens with zero attached hydrogens (tertiary/aromatic N) is 1. The fourth-order valence-electron chi connectivity index (χ4n) is 2.50. The maximum absolute atomic E-state index is 11.6. The molecule has 1 N–H and O–H groups in total. The lowest BCUT2D eigenvalue weighted by atomic mass is 9.94. The van der Waals surface area contributed by atoms with Crippen molar-refractivity contribution in [2.45, 2.75) is 32.2 Å². The van der Waals surface area contributed by atoms with Crippen molar-refractivity contribution < 1.29 is 14.7 Å². The number of benzene rings is 1. The molecular weight excluding hydrogens is 230 g/mol. The van der Waals surface area contributed by atoms with Gasteiger partial charge in [0.1, 0.15) is 0 Å². The Hall–Kier alpha value is -1.84. The van der Waals surface area contributed by atoms with Gasteiger partial charge in [-0.25, -0.2) is 4.79 Å². The van der Waals surface area contributed by atoms with Crippen molar-refractivity contribution in [3.05, 3.63) is 35.4 Å². The van der Waals surface area contributed by atoms with Crippen LogP contribution in [0.15, 0.2) is 24.3 Å². The first-order chi connectivity index (χ1) is 8.59. The number of likely N-dealkylation sites (tertiary alicyclic amines) is 1. The number of carbonyl (C=O) groups is 2. The molecule has 2 rings (SSSR count). The quantitative estimate of drug-likeness (QED) is 0.873. The highest BCUT2D eigenvalue weighted by Gasteiger charge is 2.25. The van der Waals surface area contributed by atoms with Gasteiger partial charge < -0.3 is 10.0 Å². The summed E-state index contributed by atoms with van der Waals surface area (Å²) in [7, 11) is 0. The summed E-state index contributed by atoms with van der Waals surface area (Å²) in [6.07, 6.45) is 3.10. The van der Waals surface area contributed by atoms with Crippen molar-refractivity contribution in [2.24, 2.45) is 0 Å². The van der Waals surface area contributed by atoms with Crippen LogP contribution >= 0.6 is 0 Å². The van der Waals surface area contributed by atoms with Gasteiger partial charge in [0.05, 0.1) is 11.6 Å². The molecule has 1 aliphatic rings. The number of piperidine rings is 1. The molecule has 18 heavy (non-hydrogen) atoms. The maximum atomic E-state index is 11.6. The summed E-state index contributed by atoms with van der Waals surface area (Å²) in [5.74, 6) is -0.837. The van der Waals surface area contributed by atoms with Gasteiger partial charge in [0.25, 0.3) is 0 Å². The molecule has 0 aliphatic carbocycles. The number of carboxylic acids is 1. The fourth-order valence-corrected chi connectivity index (χ4v) is 2.50. The van der Waals surface area contributed by atoms with E-state index in [-0.39, 0.29) is 17.5 Å². The number of rotatable bonds is 2. The summed E-state index contributed by atoms with van der Waals surface area (Å²) in [4.78, 5) is 24.3. The van der Waals surface area contributed by atoms with Gasteiger partial charge in [-0.3, -0.25) is 4.79 Å². The average Bonchev–Trinajstić information content (AvgIpc) is 2.39. The second kappa shape index (κ2) is 5.21. The predicted molar refractivity (Wildman–Crippen MR) is 67.4 cm³/mol. The van der Waals surface area contributed by atoms with Crippen molar-refractivity contribution in [2.75, 3.05) is 6.54 Å². The van der Waals surface area contributed by atoms with Crippen LogP contribution in [0, 0.1) is 0 Å². The first kappa shape index (κ1) is 12.6. The molecule has 1 fully saturated rings. The molecule has 4 nitrogen and oxygen atoms in total. The zero-order valence-electron chi connectivity index (χ0n) is 10.4. The minimum absolute atomic E-state index is 0.0852. The maximum Gasteiger partial charge on any atom is 0.335 e. The van der Waals surface area contributed by atoms with Gasteiger partial charge in [0.15, 0.2) is 0 Å². The molecule has 0 radical (unpaired) electrons. The fraction of sp³-hybridized carbons (Fsp3) is 0.429. The van der Waals surface area contributed by atoms with Crippen LogP contribution in [0.5, 0.6) is 0 Å². The Balaban J connectivity index is 2.23. The lowest BCUT2D eigenvalue weighted by Gasteiger charge is -2.35. The van der Waals surface area contributed by atoms with Crippen molar-refractivity contribution in [3.8, 4) is 0 Å². The lowest BCUT2D eigenvalue weighted by Crippen LogP contribution is -2.36. The highest BCUT2D eigenvalue weighted by atomic mass is 16.4. The molecule has 1 amide bonds. The predicted octanol–water partition coefficient (Wildman–Crippen LogP) is 2.46. The molecule has 0 aromatic heterocycles. The molecule has 1 heterocycles. The number of amides is 1. The van der Waals surface area contributed by atoms with E-state index in [9.17, 15) is 9.59 Å². The Morgan fingerprint density at radius 2 is 1.89 bits per heavy atom. The summed E-state index contributed by atoms with van der Waals surface area (Å²) in [6.45, 7) is 2.38. The Labute approximate surface area is 106 Å². The van der Waals surface area contributed by atoms with E-state index >= 15 is 0 Å². The van der Waals surface area contributed by atoms with Crippen molar-refractivity contribution >= 4 is 11.9 Å². The highest BCUT2D eigenvalue weighted by Crippen LogP contribution is 2.30. The number of hydrogen-bond acceptors (Lipinski definition) is 2. The number of carboxylic acid groups (broad SMARTS) is 1. The van der Waals surface area contributed by atoms with Crippen molar-refractivity contribution in [3.63, 3.8) is 0 Å². The summed E-state index contributed by atoms with van der Waals surface area (Å²) >= 11 is 0. The summed E-state index contributed by atoms with van der Waals surface area (Å²) < 4.78 is 0. The van der Waals surface area contributed by atoms with Crippen molar-refractivity contribution in [1.29, 1.82) is 0 Å². The van der Waals surface area contributed by atoms with E-state index in [0.29, 0.717) is 0 Å². The standard InChI is InChI=1S/C14H17NO3/c1-10(16)15-9-3-2-4-13(15)11-5-7-12(8-6-11)14(17)18/h5-8,13H,2-4,9H2,1H3,(H,17,18). The minimum atomic E-state index is -0.923. The Kier molecular flexibility index (Phi) is 3.65. The number of carbonyl (C=O) groups excluding carboxylic acids is 1. The largest absolute Gasteiger partial charge is 0.478 e. The summed E-state index contributed by atoms with van der Waals surface area (Å²) in [5, 5.41) is 8.86. The average molecular weight is 247 g/mol. The number of hydrogen-bond donors (Lipinski definition) is 1. The first-order valence-corrected chi connectivity index (χ1v) is 6.20. The molecule has 1 atom stereocenters. The van der Waals surface area contributed by atoms with E-state index in [4.69, 9.17) is 5.11 Å². The van der Waals surface area contributed by atoms with Crippen LogP contribution < -0.4 is 0 Å². The molecule has 1 unspecified atom stereocenters. The zero-order valence-corrected chi connectivity index (χ0v) is 10.4. The topological polar surface area (TPSA) is 57.6 Å². The molecular formula is C14H17NO3. The highest BCUT2D eigenvalue weighted by molar-refractivity contribution is 5.87. The lowest BCUT2D eigenvalue weighted by molar-refractivity contribution is -0.132. The molecule has 0 bridgehead atoms. The van der Waals surface area contributed by atoms with E-state index in [2.05, 4.69) is 0 Å². The second-order valence-corrected chi connectivity index (χ2v) is 4.65. The minimum Gasteiger partial charge on any atom is -0.478 e. The molecule has 0 saturated carbocycles. The monoisotopic (exact) mass is 247 g/mol. The zero-order chi connectivity index (χ0) is 13.1. The van der Waals surface area contributed by atoms with E-state index < -0.39 is 5.97 Å². The van der Waals surface area contributed by atoms with Crippen LogP contribution in [0.2, 0.25) is 0 Å². The van der Waals surface area contributed by atoms with Crippen LogP contribution in [-0.4, -0.2) is 28.4 Å². The third-order valence-electron chi connectivity index (χ3n) is 3.45. The van der Waals surface area contributed by atoms with Gasteiger partial charge in [0, 0.05) is 13.5 Å². The van der Waals surface area contributed by atoms with Crippen LogP contribution in [-0.2, 0) is 4.79 Å². The molecule has 1 saturated heterocycles. The van der Waals surface area contributed by atoms with Gasteiger partial charge in [-0.1, -0.05) is 12.1 Å². The first-order valence-electron chi connectivity index (χ1n) is 6.20. The summed E-state index contributed by atoms with van der Waals surface area (Å²) in [6, 6.07) is 6.93. The van der Waals surface area contributed by atoms with E-state index in [0.717, 1.165) is 31.4 Å². The SMILES string of the molecule is CC(=O)N1CCCCC1c1ccc(C(=O)O)cc1. The third-order valence-corrected chi connectivity index (χ3v) is 3.45. The third kappa shape index (κ3) is 2.53. The van der Waals surface area contributed by atoms with E-state index in [1.54, 1.807) is 19.1 Å². The van der Waals surface area contributed by atoms with Gasteiger partial charge in [0.2, 0.25) is 5.91 Å². The molecule has 1 aromatic rings.